The van der Waals surface area contributed by atoms with Crippen LogP contribution < -0.4 is 10.1 Å². The van der Waals surface area contributed by atoms with Gasteiger partial charge >= 0.3 is 0 Å². The van der Waals surface area contributed by atoms with Crippen LogP contribution in [0.5, 0.6) is 5.75 Å². The highest BCUT2D eigenvalue weighted by atomic mass is 32.2. The van der Waals surface area contributed by atoms with Crippen molar-refractivity contribution in [2.45, 2.75) is 40.0 Å². The molecule has 7 heteroatoms. The van der Waals surface area contributed by atoms with Crippen LogP contribution in [-0.4, -0.2) is 26.0 Å². The minimum atomic E-state index is -4.44. The summed E-state index contributed by atoms with van der Waals surface area (Å²) in [7, 11) is -3.06. The lowest BCUT2D eigenvalue weighted by atomic mass is 10.1. The van der Waals surface area contributed by atoms with Crippen molar-refractivity contribution in [3.05, 3.63) is 18.2 Å². The minimum absolute atomic E-state index is 0. The number of benzene rings is 1. The fourth-order valence-corrected chi connectivity index (χ4v) is 2.05. The van der Waals surface area contributed by atoms with Gasteiger partial charge in [0.25, 0.3) is 10.1 Å². The molecular weight excluding hydrogens is 294 g/mol. The third-order valence-electron chi connectivity index (χ3n) is 2.78. The third-order valence-corrected chi connectivity index (χ3v) is 3.68. The summed E-state index contributed by atoms with van der Waals surface area (Å²) in [5.74, 6) is -0.289. The second-order valence-electron chi connectivity index (χ2n) is 4.14. The molecule has 1 rings (SSSR count). The van der Waals surface area contributed by atoms with Gasteiger partial charge in [-0.1, -0.05) is 28.7 Å². The third kappa shape index (κ3) is 5.73. The van der Waals surface area contributed by atoms with Crippen LogP contribution >= 0.6 is 0 Å². The monoisotopic (exact) mass is 319 g/mol. The maximum absolute atomic E-state index is 11.8. The summed E-state index contributed by atoms with van der Waals surface area (Å²) in [6.45, 7) is 3.58. The predicted octanol–water partition coefficient (Wildman–Crippen LogP) is 3.20. The maximum atomic E-state index is 11.8. The van der Waals surface area contributed by atoms with E-state index in [-0.39, 0.29) is 43.0 Å². The molecule has 21 heavy (non-hydrogen) atoms. The number of amides is 1. The first kappa shape index (κ1) is 21.7. The smallest absolute Gasteiger partial charge is 0.296 e. The van der Waals surface area contributed by atoms with Crippen LogP contribution in [0, 0.1) is 5.92 Å². The van der Waals surface area contributed by atoms with Crippen molar-refractivity contribution in [2.24, 2.45) is 5.92 Å². The van der Waals surface area contributed by atoms with Crippen molar-refractivity contribution in [1.29, 1.82) is 0 Å². The van der Waals surface area contributed by atoms with E-state index in [2.05, 4.69) is 5.32 Å². The molecule has 0 saturated carbocycles. The molecular formula is C14H25NO5S. The molecule has 0 fully saturated rings. The molecule has 0 spiro atoms. The number of carbonyl (C=O) groups excluding carboxylic acids is 1. The van der Waals surface area contributed by atoms with E-state index in [1.54, 1.807) is 6.92 Å². The molecule has 0 aliphatic heterocycles. The van der Waals surface area contributed by atoms with Crippen LogP contribution in [0.15, 0.2) is 23.1 Å². The van der Waals surface area contributed by atoms with E-state index in [0.717, 1.165) is 6.07 Å². The van der Waals surface area contributed by atoms with Gasteiger partial charge in [-0.05, 0) is 18.6 Å². The van der Waals surface area contributed by atoms with E-state index in [0.29, 0.717) is 6.42 Å². The summed E-state index contributed by atoms with van der Waals surface area (Å²) in [6.07, 6.45) is 0.628. The highest BCUT2D eigenvalue weighted by Gasteiger charge is 2.20. The first-order chi connectivity index (χ1) is 8.79. The summed E-state index contributed by atoms with van der Waals surface area (Å²) >= 11 is 0. The zero-order valence-corrected chi connectivity index (χ0v) is 11.8. The number of anilines is 1. The molecule has 6 nitrogen and oxygen atoms in total. The Morgan fingerprint density at radius 3 is 2.38 bits per heavy atom. The summed E-state index contributed by atoms with van der Waals surface area (Å²) in [5, 5.41) is 2.49. The van der Waals surface area contributed by atoms with Crippen LogP contribution in [-0.2, 0) is 14.9 Å². The Bertz CT molecular complexity index is 569. The van der Waals surface area contributed by atoms with Gasteiger partial charge in [0, 0.05) is 12.0 Å². The number of hydrogen-bond acceptors (Lipinski definition) is 4. The molecule has 0 aliphatic rings. The quantitative estimate of drug-likeness (QED) is 0.813. The molecule has 0 bridgehead atoms. The number of rotatable bonds is 5. The zero-order chi connectivity index (χ0) is 14.6. The van der Waals surface area contributed by atoms with E-state index in [4.69, 9.17) is 9.29 Å². The highest BCUT2D eigenvalue weighted by molar-refractivity contribution is 7.86. The largest absolute Gasteiger partial charge is 0.497 e. The Morgan fingerprint density at radius 2 is 1.95 bits per heavy atom. The fraction of sp³-hybridized carbons (Fsp3) is 0.500. The van der Waals surface area contributed by atoms with Gasteiger partial charge in [0.1, 0.15) is 10.6 Å². The predicted molar refractivity (Wildman–Crippen MR) is 84.4 cm³/mol. The number of hydrogen-bond donors (Lipinski definition) is 2. The van der Waals surface area contributed by atoms with E-state index in [9.17, 15) is 13.2 Å². The molecule has 1 aromatic carbocycles. The SMILES string of the molecule is C.C.CCC(C)C(=O)Nc1ccc(OC)cc1S(=O)(=O)O. The van der Waals surface area contributed by atoms with Crippen molar-refractivity contribution in [1.82, 2.24) is 0 Å². The number of methoxy groups -OCH3 is 1. The van der Waals surface area contributed by atoms with Crippen molar-refractivity contribution in [3.63, 3.8) is 0 Å². The molecule has 0 radical (unpaired) electrons. The average Bonchev–Trinajstić information content (AvgIpc) is 2.36. The summed E-state index contributed by atoms with van der Waals surface area (Å²) < 4.78 is 36.6. The highest BCUT2D eigenvalue weighted by Crippen LogP contribution is 2.26. The van der Waals surface area contributed by atoms with Crippen molar-refractivity contribution < 1.29 is 22.5 Å². The van der Waals surface area contributed by atoms with Gasteiger partial charge in [-0.3, -0.25) is 9.35 Å². The number of carbonyl (C=O) groups is 1. The molecule has 0 aliphatic carbocycles. The van der Waals surface area contributed by atoms with Gasteiger partial charge in [0.2, 0.25) is 5.91 Å². The van der Waals surface area contributed by atoms with Crippen molar-refractivity contribution in [3.8, 4) is 5.75 Å². The Kier molecular flexibility index (Phi) is 8.92. The zero-order valence-electron chi connectivity index (χ0n) is 11.0. The Hall–Kier alpha value is -1.60. The van der Waals surface area contributed by atoms with Gasteiger partial charge in [-0.15, -0.1) is 0 Å². The first-order valence-corrected chi connectivity index (χ1v) is 7.20. The van der Waals surface area contributed by atoms with Crippen molar-refractivity contribution >= 4 is 21.7 Å². The lowest BCUT2D eigenvalue weighted by molar-refractivity contribution is -0.119. The van der Waals surface area contributed by atoms with Crippen LogP contribution in [0.3, 0.4) is 0 Å². The minimum Gasteiger partial charge on any atom is -0.497 e. The second-order valence-corrected chi connectivity index (χ2v) is 5.53. The maximum Gasteiger partial charge on any atom is 0.296 e. The first-order valence-electron chi connectivity index (χ1n) is 5.76. The Balaban J connectivity index is 0. The molecule has 2 N–H and O–H groups in total. The topological polar surface area (TPSA) is 92.7 Å². The molecule has 1 atom stereocenters. The fourth-order valence-electron chi connectivity index (χ4n) is 1.39. The molecule has 122 valence electrons. The lowest BCUT2D eigenvalue weighted by Gasteiger charge is -2.13. The molecule has 1 aromatic rings. The van der Waals surface area contributed by atoms with Crippen LogP contribution in [0.4, 0.5) is 5.69 Å². The normalized spacial score (nSPS) is 11.6. The molecule has 1 unspecified atom stereocenters. The number of ether oxygens (including phenoxy) is 1. The molecule has 1 amide bonds. The van der Waals surface area contributed by atoms with E-state index >= 15 is 0 Å². The van der Waals surface area contributed by atoms with Crippen molar-refractivity contribution in [2.75, 3.05) is 12.4 Å². The Morgan fingerprint density at radius 1 is 1.38 bits per heavy atom. The number of nitrogens with one attached hydrogen (secondary N) is 1. The summed E-state index contributed by atoms with van der Waals surface area (Å²) in [5.41, 5.74) is 0.0357. The van der Waals surface area contributed by atoms with E-state index in [1.807, 2.05) is 6.92 Å². The van der Waals surface area contributed by atoms with E-state index < -0.39 is 10.1 Å². The molecule has 0 aromatic heterocycles. The van der Waals surface area contributed by atoms with Gasteiger partial charge in [0.05, 0.1) is 12.8 Å². The van der Waals surface area contributed by atoms with Crippen LogP contribution in [0.2, 0.25) is 0 Å². The van der Waals surface area contributed by atoms with Gasteiger partial charge in [-0.25, -0.2) is 0 Å². The van der Waals surface area contributed by atoms with Crippen LogP contribution in [0.25, 0.3) is 0 Å². The Labute approximate surface area is 127 Å². The van der Waals surface area contributed by atoms with Gasteiger partial charge < -0.3 is 10.1 Å². The van der Waals surface area contributed by atoms with Gasteiger partial charge in [-0.2, -0.15) is 8.42 Å². The second kappa shape index (κ2) is 8.63. The molecule has 0 saturated heterocycles. The lowest BCUT2D eigenvalue weighted by Crippen LogP contribution is -2.21. The summed E-state index contributed by atoms with van der Waals surface area (Å²) in [4.78, 5) is 11.4. The van der Waals surface area contributed by atoms with Gasteiger partial charge in [0.15, 0.2) is 0 Å². The standard InChI is InChI=1S/C12H17NO5S.2CH4/c1-4-8(2)12(14)13-10-6-5-9(18-3)7-11(10)19(15,16)17;;/h5-8H,4H2,1-3H3,(H,13,14)(H,15,16,17);2*1H4. The average molecular weight is 319 g/mol. The molecule has 0 heterocycles. The van der Waals surface area contributed by atoms with E-state index in [1.165, 1.54) is 19.2 Å². The summed E-state index contributed by atoms with van der Waals surface area (Å²) in [6, 6.07) is 4.03. The van der Waals surface area contributed by atoms with Crippen LogP contribution in [0.1, 0.15) is 35.1 Å².